The van der Waals surface area contributed by atoms with Crippen molar-refractivity contribution in [3.63, 3.8) is 0 Å². The second kappa shape index (κ2) is 6.93. The predicted octanol–water partition coefficient (Wildman–Crippen LogP) is 1.57. The molecule has 0 saturated heterocycles. The van der Waals surface area contributed by atoms with E-state index < -0.39 is 0 Å². The van der Waals surface area contributed by atoms with Crippen LogP contribution in [0.3, 0.4) is 0 Å². The van der Waals surface area contributed by atoms with Crippen LogP contribution in [0.15, 0.2) is 12.4 Å². The predicted molar refractivity (Wildman–Crippen MR) is 68.9 cm³/mol. The molecule has 0 atom stereocenters. The molecule has 0 saturated carbocycles. The van der Waals surface area contributed by atoms with E-state index >= 15 is 0 Å². The minimum atomic E-state index is 0.192. The molecule has 1 aromatic heterocycles. The highest BCUT2D eigenvalue weighted by molar-refractivity contribution is 5.76. The Morgan fingerprint density at radius 1 is 1.41 bits per heavy atom. The maximum absolute atomic E-state index is 11.7. The zero-order valence-corrected chi connectivity index (χ0v) is 10.9. The van der Waals surface area contributed by atoms with Gasteiger partial charge < -0.3 is 14.8 Å². The van der Waals surface area contributed by atoms with Crippen molar-refractivity contribution >= 4 is 11.9 Å². The molecule has 1 rings (SSSR count). The third kappa shape index (κ3) is 3.76. The van der Waals surface area contributed by atoms with E-state index in [1.165, 1.54) is 0 Å². The lowest BCUT2D eigenvalue weighted by Gasteiger charge is -2.18. The monoisotopic (exact) mass is 238 g/mol. The van der Waals surface area contributed by atoms with Crippen LogP contribution < -0.4 is 5.32 Å². The smallest absolute Gasteiger partial charge is 0.224 e. The average molecular weight is 238 g/mol. The molecule has 1 N–H and O–H groups in total. The first kappa shape index (κ1) is 13.5. The van der Waals surface area contributed by atoms with Gasteiger partial charge in [-0.15, -0.1) is 0 Å². The van der Waals surface area contributed by atoms with Crippen molar-refractivity contribution in [2.45, 2.75) is 33.7 Å². The Balaban J connectivity index is 2.35. The van der Waals surface area contributed by atoms with Gasteiger partial charge in [-0.25, -0.2) is 4.98 Å². The van der Waals surface area contributed by atoms with Gasteiger partial charge in [-0.3, -0.25) is 4.79 Å². The quantitative estimate of drug-likeness (QED) is 0.784. The molecule has 0 aliphatic carbocycles. The van der Waals surface area contributed by atoms with Crippen LogP contribution in [0.1, 0.15) is 27.2 Å². The summed E-state index contributed by atoms with van der Waals surface area (Å²) in [4.78, 5) is 17.8. The number of hydrogen-bond donors (Lipinski definition) is 1. The van der Waals surface area contributed by atoms with Crippen molar-refractivity contribution in [2.75, 3.05) is 25.0 Å². The van der Waals surface area contributed by atoms with Crippen molar-refractivity contribution in [2.24, 2.45) is 0 Å². The molecular weight excluding hydrogens is 216 g/mol. The summed E-state index contributed by atoms with van der Waals surface area (Å²) in [5.74, 6) is 1.02. The number of nitrogens with zero attached hydrogens (tertiary/aromatic N) is 3. The Kier molecular flexibility index (Phi) is 5.52. The number of imidazole rings is 1. The number of carbonyl (C=O) groups excluding carboxylic acids is 1. The number of amides is 1. The summed E-state index contributed by atoms with van der Waals surface area (Å²) in [7, 11) is 0. The zero-order valence-electron chi connectivity index (χ0n) is 10.9. The van der Waals surface area contributed by atoms with Crippen LogP contribution in [0, 0.1) is 0 Å². The van der Waals surface area contributed by atoms with Crippen molar-refractivity contribution in [3.05, 3.63) is 12.4 Å². The van der Waals surface area contributed by atoms with Gasteiger partial charge in [-0.1, -0.05) is 0 Å². The summed E-state index contributed by atoms with van der Waals surface area (Å²) >= 11 is 0. The van der Waals surface area contributed by atoms with Gasteiger partial charge in [-0.05, 0) is 20.8 Å². The van der Waals surface area contributed by atoms with E-state index in [4.69, 9.17) is 0 Å². The lowest BCUT2D eigenvalue weighted by atomic mass is 10.3. The largest absolute Gasteiger partial charge is 0.355 e. The Labute approximate surface area is 103 Å². The van der Waals surface area contributed by atoms with Gasteiger partial charge in [0.2, 0.25) is 11.9 Å². The highest BCUT2D eigenvalue weighted by Crippen LogP contribution is 2.04. The van der Waals surface area contributed by atoms with Crippen LogP contribution in [-0.2, 0) is 11.3 Å². The number of nitrogens with one attached hydrogen (secondary N) is 1. The Morgan fingerprint density at radius 3 is 2.71 bits per heavy atom. The molecule has 0 fully saturated rings. The SMILES string of the molecule is CCN(CC)C(=O)CCNc1nccn1CC. The molecule has 0 aliphatic rings. The van der Waals surface area contributed by atoms with Crippen LogP contribution in [-0.4, -0.2) is 40.0 Å². The van der Waals surface area contributed by atoms with Gasteiger partial charge in [0.05, 0.1) is 0 Å². The number of hydrogen-bond acceptors (Lipinski definition) is 3. The van der Waals surface area contributed by atoms with Gasteiger partial charge in [0, 0.05) is 45.0 Å². The molecule has 0 spiro atoms. The zero-order chi connectivity index (χ0) is 12.7. The molecular formula is C12H22N4O. The van der Waals surface area contributed by atoms with E-state index in [-0.39, 0.29) is 5.91 Å². The van der Waals surface area contributed by atoms with Crippen molar-refractivity contribution in [1.29, 1.82) is 0 Å². The van der Waals surface area contributed by atoms with Crippen molar-refractivity contribution in [3.8, 4) is 0 Å². The molecule has 0 unspecified atom stereocenters. The molecule has 1 amide bonds. The molecule has 0 aromatic carbocycles. The Bertz CT molecular complexity index is 344. The standard InChI is InChI=1S/C12H22N4O/c1-4-15(5-2)11(17)7-8-13-12-14-9-10-16(12)6-3/h9-10H,4-8H2,1-3H3,(H,13,14). The molecule has 96 valence electrons. The Morgan fingerprint density at radius 2 is 2.12 bits per heavy atom. The molecule has 1 aromatic rings. The van der Waals surface area contributed by atoms with Crippen molar-refractivity contribution in [1.82, 2.24) is 14.5 Å². The number of aryl methyl sites for hydroxylation is 1. The molecule has 5 nitrogen and oxygen atoms in total. The van der Waals surface area contributed by atoms with E-state index in [0.29, 0.717) is 13.0 Å². The maximum Gasteiger partial charge on any atom is 0.224 e. The molecule has 0 aliphatic heterocycles. The van der Waals surface area contributed by atoms with E-state index in [1.807, 2.05) is 29.5 Å². The van der Waals surface area contributed by atoms with E-state index in [2.05, 4.69) is 17.2 Å². The molecule has 0 radical (unpaired) electrons. The number of carbonyl (C=O) groups is 1. The first-order valence-electron chi connectivity index (χ1n) is 6.25. The summed E-state index contributed by atoms with van der Waals surface area (Å²) in [6.45, 7) is 9.13. The lowest BCUT2D eigenvalue weighted by Crippen LogP contribution is -2.31. The van der Waals surface area contributed by atoms with E-state index in [9.17, 15) is 4.79 Å². The van der Waals surface area contributed by atoms with Crippen LogP contribution in [0.4, 0.5) is 5.95 Å². The van der Waals surface area contributed by atoms with Crippen LogP contribution in [0.2, 0.25) is 0 Å². The summed E-state index contributed by atoms with van der Waals surface area (Å²) in [5.41, 5.74) is 0. The van der Waals surface area contributed by atoms with Gasteiger partial charge in [-0.2, -0.15) is 0 Å². The highest BCUT2D eigenvalue weighted by Gasteiger charge is 2.09. The summed E-state index contributed by atoms with van der Waals surface area (Å²) in [6.07, 6.45) is 4.20. The first-order valence-corrected chi connectivity index (χ1v) is 6.25. The number of aromatic nitrogens is 2. The minimum absolute atomic E-state index is 0.192. The summed E-state index contributed by atoms with van der Waals surface area (Å²) in [5, 5.41) is 3.18. The second-order valence-corrected chi connectivity index (χ2v) is 3.78. The van der Waals surface area contributed by atoms with Gasteiger partial charge in [0.15, 0.2) is 0 Å². The van der Waals surface area contributed by atoms with E-state index in [1.54, 1.807) is 6.20 Å². The molecule has 0 bridgehead atoms. The normalized spacial score (nSPS) is 10.3. The average Bonchev–Trinajstić information content (AvgIpc) is 2.78. The molecule has 1 heterocycles. The number of anilines is 1. The summed E-state index contributed by atoms with van der Waals surface area (Å²) < 4.78 is 2.02. The highest BCUT2D eigenvalue weighted by atomic mass is 16.2. The van der Waals surface area contributed by atoms with Crippen LogP contribution in [0.25, 0.3) is 0 Å². The summed E-state index contributed by atoms with van der Waals surface area (Å²) in [6, 6.07) is 0. The number of rotatable bonds is 7. The minimum Gasteiger partial charge on any atom is -0.355 e. The first-order chi connectivity index (χ1) is 8.22. The Hall–Kier alpha value is -1.52. The van der Waals surface area contributed by atoms with Gasteiger partial charge >= 0.3 is 0 Å². The lowest BCUT2D eigenvalue weighted by molar-refractivity contribution is -0.130. The third-order valence-corrected chi connectivity index (χ3v) is 2.79. The van der Waals surface area contributed by atoms with Crippen molar-refractivity contribution < 1.29 is 4.79 Å². The van der Waals surface area contributed by atoms with Gasteiger partial charge in [0.1, 0.15) is 0 Å². The fourth-order valence-corrected chi connectivity index (χ4v) is 1.75. The van der Waals surface area contributed by atoms with Crippen LogP contribution >= 0.6 is 0 Å². The van der Waals surface area contributed by atoms with Gasteiger partial charge in [0.25, 0.3) is 0 Å². The second-order valence-electron chi connectivity index (χ2n) is 3.78. The topological polar surface area (TPSA) is 50.2 Å². The van der Waals surface area contributed by atoms with Crippen LogP contribution in [0.5, 0.6) is 0 Å². The fourth-order valence-electron chi connectivity index (χ4n) is 1.75. The molecule has 17 heavy (non-hydrogen) atoms. The fraction of sp³-hybridized carbons (Fsp3) is 0.667. The third-order valence-electron chi connectivity index (χ3n) is 2.79. The maximum atomic E-state index is 11.7. The van der Waals surface area contributed by atoms with E-state index in [0.717, 1.165) is 25.6 Å². The molecule has 5 heteroatoms.